The second kappa shape index (κ2) is 9.31. The van der Waals surface area contributed by atoms with E-state index in [4.69, 9.17) is 0 Å². The van der Waals surface area contributed by atoms with E-state index in [2.05, 4.69) is 10.6 Å². The fraction of sp³-hybridized carbons (Fsp3) is 0.600. The van der Waals surface area contributed by atoms with E-state index >= 15 is 0 Å². The SMILES string of the molecule is CCC1Sc2cc(S(=O)(=O)CCC(=O)NC3CCCCCC3)ccc2NC1=O. The third-order valence-electron chi connectivity index (χ3n) is 5.32. The molecule has 1 aliphatic heterocycles. The minimum Gasteiger partial charge on any atom is -0.353 e. The number of nitrogens with one attached hydrogen (secondary N) is 2. The second-order valence-electron chi connectivity index (χ2n) is 7.49. The van der Waals surface area contributed by atoms with E-state index in [-0.39, 0.29) is 40.2 Å². The number of thioether (sulfide) groups is 1. The summed E-state index contributed by atoms with van der Waals surface area (Å²) in [5.74, 6) is -0.453. The molecule has 3 rings (SSSR count). The maximum atomic E-state index is 12.7. The lowest BCUT2D eigenvalue weighted by atomic mass is 10.1. The highest BCUT2D eigenvalue weighted by atomic mass is 32.2. The van der Waals surface area contributed by atoms with E-state index in [1.54, 1.807) is 12.1 Å². The first-order valence-electron chi connectivity index (χ1n) is 10.0. The molecule has 0 spiro atoms. The van der Waals surface area contributed by atoms with Crippen molar-refractivity contribution >= 4 is 39.1 Å². The van der Waals surface area contributed by atoms with Gasteiger partial charge in [-0.15, -0.1) is 11.8 Å². The van der Waals surface area contributed by atoms with Crippen LogP contribution in [0.25, 0.3) is 0 Å². The minimum absolute atomic E-state index is 0.0304. The van der Waals surface area contributed by atoms with Crippen LogP contribution in [-0.2, 0) is 19.4 Å². The van der Waals surface area contributed by atoms with Crippen molar-refractivity contribution in [2.24, 2.45) is 0 Å². The first-order valence-corrected chi connectivity index (χ1v) is 12.6. The molecule has 6 nitrogen and oxygen atoms in total. The Morgan fingerprint density at radius 1 is 1.21 bits per heavy atom. The van der Waals surface area contributed by atoms with Gasteiger partial charge in [0, 0.05) is 17.4 Å². The molecule has 2 amide bonds. The van der Waals surface area contributed by atoms with Crippen molar-refractivity contribution in [2.75, 3.05) is 11.1 Å². The van der Waals surface area contributed by atoms with Crippen LogP contribution in [0.5, 0.6) is 0 Å². The molecule has 28 heavy (non-hydrogen) atoms. The molecule has 8 heteroatoms. The van der Waals surface area contributed by atoms with Gasteiger partial charge in [0.2, 0.25) is 11.8 Å². The summed E-state index contributed by atoms with van der Waals surface area (Å²) in [6.07, 6.45) is 7.24. The topological polar surface area (TPSA) is 92.3 Å². The first-order chi connectivity index (χ1) is 13.4. The molecule has 1 fully saturated rings. The summed E-state index contributed by atoms with van der Waals surface area (Å²) >= 11 is 1.39. The second-order valence-corrected chi connectivity index (χ2v) is 10.8. The van der Waals surface area contributed by atoms with Crippen LogP contribution in [-0.4, -0.2) is 37.3 Å². The summed E-state index contributed by atoms with van der Waals surface area (Å²) in [7, 11) is -3.56. The van der Waals surface area contributed by atoms with E-state index < -0.39 is 9.84 Å². The number of benzene rings is 1. The molecule has 2 N–H and O–H groups in total. The number of sulfone groups is 1. The van der Waals surface area contributed by atoms with Gasteiger partial charge in [0.25, 0.3) is 0 Å². The van der Waals surface area contributed by atoms with E-state index in [1.807, 2.05) is 6.92 Å². The van der Waals surface area contributed by atoms with Gasteiger partial charge in [0.05, 0.1) is 21.6 Å². The van der Waals surface area contributed by atoms with Crippen molar-refractivity contribution < 1.29 is 18.0 Å². The van der Waals surface area contributed by atoms with Gasteiger partial charge in [0.15, 0.2) is 9.84 Å². The lowest BCUT2D eigenvalue weighted by Gasteiger charge is -2.23. The molecule has 0 radical (unpaired) electrons. The van der Waals surface area contributed by atoms with Crippen LogP contribution in [0.2, 0.25) is 0 Å². The normalized spacial score (nSPS) is 20.8. The Hall–Kier alpha value is -1.54. The smallest absolute Gasteiger partial charge is 0.237 e. The average Bonchev–Trinajstić information content (AvgIpc) is 2.94. The molecule has 154 valence electrons. The molecule has 1 aromatic carbocycles. The molecule has 1 atom stereocenters. The highest BCUT2D eigenvalue weighted by Crippen LogP contribution is 2.38. The van der Waals surface area contributed by atoms with Crippen molar-refractivity contribution in [1.82, 2.24) is 5.32 Å². The van der Waals surface area contributed by atoms with Gasteiger partial charge in [-0.1, -0.05) is 32.6 Å². The van der Waals surface area contributed by atoms with E-state index in [9.17, 15) is 18.0 Å². The Morgan fingerprint density at radius 2 is 1.93 bits per heavy atom. The van der Waals surface area contributed by atoms with Gasteiger partial charge in [-0.25, -0.2) is 8.42 Å². The monoisotopic (exact) mass is 424 g/mol. The van der Waals surface area contributed by atoms with Gasteiger partial charge in [-0.05, 0) is 37.5 Å². The molecule has 0 bridgehead atoms. The number of hydrogen-bond donors (Lipinski definition) is 2. The zero-order valence-corrected chi connectivity index (χ0v) is 17.8. The van der Waals surface area contributed by atoms with Crippen molar-refractivity contribution in [1.29, 1.82) is 0 Å². The van der Waals surface area contributed by atoms with Crippen LogP contribution in [0.1, 0.15) is 58.3 Å². The molecule has 1 aromatic rings. The lowest BCUT2D eigenvalue weighted by molar-refractivity contribution is -0.121. The Labute approximate surface area is 171 Å². The standard InChI is InChI=1S/C20H28N2O4S2/c1-2-17-20(24)22-16-10-9-15(13-18(16)27-17)28(25,26)12-11-19(23)21-14-7-5-3-4-6-8-14/h9-10,13-14,17H,2-8,11-12H2,1H3,(H,21,23)(H,22,24). The highest BCUT2D eigenvalue weighted by molar-refractivity contribution is 8.01. The van der Waals surface area contributed by atoms with Gasteiger partial charge in [-0.3, -0.25) is 9.59 Å². The molecule has 1 heterocycles. The Morgan fingerprint density at radius 3 is 2.61 bits per heavy atom. The Bertz CT molecular complexity index is 831. The zero-order chi connectivity index (χ0) is 20.1. The minimum atomic E-state index is -3.56. The van der Waals surface area contributed by atoms with Crippen molar-refractivity contribution in [3.63, 3.8) is 0 Å². The number of rotatable bonds is 6. The number of fused-ring (bicyclic) bond motifs is 1. The molecular weight excluding hydrogens is 396 g/mol. The van der Waals surface area contributed by atoms with Crippen molar-refractivity contribution in [3.05, 3.63) is 18.2 Å². The largest absolute Gasteiger partial charge is 0.353 e. The van der Waals surface area contributed by atoms with Gasteiger partial charge < -0.3 is 10.6 Å². The van der Waals surface area contributed by atoms with Crippen molar-refractivity contribution in [3.8, 4) is 0 Å². The Balaban J connectivity index is 1.61. The summed E-state index contributed by atoms with van der Waals surface area (Å²) in [6.45, 7) is 1.93. The van der Waals surface area contributed by atoms with Gasteiger partial charge >= 0.3 is 0 Å². The summed E-state index contributed by atoms with van der Waals surface area (Å²) in [5.41, 5.74) is 0.643. The number of amides is 2. The third-order valence-corrected chi connectivity index (χ3v) is 8.46. The molecule has 1 saturated carbocycles. The van der Waals surface area contributed by atoms with Crippen molar-refractivity contribution in [2.45, 2.75) is 79.4 Å². The molecule has 2 aliphatic rings. The van der Waals surface area contributed by atoms with Crippen LogP contribution >= 0.6 is 11.8 Å². The summed E-state index contributed by atoms with van der Waals surface area (Å²) in [4.78, 5) is 25.1. The molecular formula is C20H28N2O4S2. The highest BCUT2D eigenvalue weighted by Gasteiger charge is 2.27. The van der Waals surface area contributed by atoms with Crippen LogP contribution in [0.3, 0.4) is 0 Å². The quantitative estimate of drug-likeness (QED) is 0.682. The van der Waals surface area contributed by atoms with Crippen LogP contribution in [0, 0.1) is 0 Å². The summed E-state index contributed by atoms with van der Waals surface area (Å²) < 4.78 is 25.4. The number of carbonyl (C=O) groups is 2. The fourth-order valence-electron chi connectivity index (χ4n) is 3.65. The number of anilines is 1. The van der Waals surface area contributed by atoms with Crippen LogP contribution in [0.15, 0.2) is 28.0 Å². The van der Waals surface area contributed by atoms with Gasteiger partial charge in [0.1, 0.15) is 0 Å². The summed E-state index contributed by atoms with van der Waals surface area (Å²) in [6, 6.07) is 4.92. The maximum Gasteiger partial charge on any atom is 0.237 e. The molecule has 0 aromatic heterocycles. The molecule has 1 unspecified atom stereocenters. The zero-order valence-electron chi connectivity index (χ0n) is 16.2. The predicted octanol–water partition coefficient (Wildman–Crippen LogP) is 3.51. The van der Waals surface area contributed by atoms with E-state index in [0.717, 1.165) is 30.6 Å². The number of carbonyl (C=O) groups excluding carboxylic acids is 2. The van der Waals surface area contributed by atoms with Crippen LogP contribution < -0.4 is 10.6 Å². The van der Waals surface area contributed by atoms with E-state index in [1.165, 1.54) is 30.7 Å². The maximum absolute atomic E-state index is 12.7. The summed E-state index contributed by atoms with van der Waals surface area (Å²) in [5, 5.41) is 5.61. The molecule has 1 aliphatic carbocycles. The predicted molar refractivity (Wildman–Crippen MR) is 111 cm³/mol. The van der Waals surface area contributed by atoms with E-state index in [0.29, 0.717) is 12.1 Å². The number of hydrogen-bond acceptors (Lipinski definition) is 5. The van der Waals surface area contributed by atoms with Gasteiger partial charge in [-0.2, -0.15) is 0 Å². The average molecular weight is 425 g/mol. The van der Waals surface area contributed by atoms with Crippen LogP contribution in [0.4, 0.5) is 5.69 Å². The fourth-order valence-corrected chi connectivity index (χ4v) is 6.07. The third kappa shape index (κ3) is 5.29. The lowest BCUT2D eigenvalue weighted by Crippen LogP contribution is -2.35. The Kier molecular flexibility index (Phi) is 7.04. The first kappa shape index (κ1) is 21.2. The molecule has 0 saturated heterocycles.